The normalized spacial score (nSPS) is 17.2. The van der Waals surface area contributed by atoms with Crippen LogP contribution in [0.4, 0.5) is 0 Å². The molecule has 0 bridgehead atoms. The predicted octanol–water partition coefficient (Wildman–Crippen LogP) is 5.24. The van der Waals surface area contributed by atoms with Gasteiger partial charge in [-0.1, -0.05) is 52.0 Å². The zero-order valence-electron chi connectivity index (χ0n) is 8.97. The topological polar surface area (TPSA) is 9.23 Å². The molecule has 1 nitrogen and oxygen atoms in total. The zero-order valence-corrected chi connectivity index (χ0v) is 12.1. The molecule has 2 rings (SSSR count). The van der Waals surface area contributed by atoms with Crippen molar-refractivity contribution in [2.45, 2.75) is 24.1 Å². The standard InChI is InChI=1S/C12H13BrCl2O/c1-16-12-6-10(14)8(5-11(12)15)9(13)4-7-2-3-7/h5-7,9H,2-4H2,1H3. The molecule has 1 unspecified atom stereocenters. The summed E-state index contributed by atoms with van der Waals surface area (Å²) in [6.45, 7) is 0. The lowest BCUT2D eigenvalue weighted by Crippen LogP contribution is -1.94. The van der Waals surface area contributed by atoms with Gasteiger partial charge in [0.25, 0.3) is 0 Å². The molecule has 1 fully saturated rings. The molecule has 88 valence electrons. The lowest BCUT2D eigenvalue weighted by Gasteiger charge is -2.13. The van der Waals surface area contributed by atoms with Gasteiger partial charge in [-0.3, -0.25) is 0 Å². The summed E-state index contributed by atoms with van der Waals surface area (Å²) in [6, 6.07) is 3.67. The number of methoxy groups -OCH3 is 1. The van der Waals surface area contributed by atoms with Crippen molar-refractivity contribution in [3.63, 3.8) is 0 Å². The third-order valence-electron chi connectivity index (χ3n) is 2.85. The quantitative estimate of drug-likeness (QED) is 0.689. The molecule has 1 atom stereocenters. The van der Waals surface area contributed by atoms with Crippen molar-refractivity contribution in [3.05, 3.63) is 27.7 Å². The largest absolute Gasteiger partial charge is 0.495 e. The highest BCUT2D eigenvalue weighted by Crippen LogP contribution is 2.44. The van der Waals surface area contributed by atoms with Crippen LogP contribution in [0, 0.1) is 5.92 Å². The second-order valence-corrected chi connectivity index (χ2v) is 6.07. The number of alkyl halides is 1. The Morgan fingerprint density at radius 3 is 2.62 bits per heavy atom. The highest BCUT2D eigenvalue weighted by Gasteiger charge is 2.26. The van der Waals surface area contributed by atoms with Crippen LogP contribution in [0.2, 0.25) is 10.0 Å². The summed E-state index contributed by atoms with van der Waals surface area (Å²) in [6.07, 6.45) is 3.80. The summed E-state index contributed by atoms with van der Waals surface area (Å²) in [5.74, 6) is 1.47. The Labute approximate surface area is 114 Å². The van der Waals surface area contributed by atoms with E-state index in [2.05, 4.69) is 15.9 Å². The van der Waals surface area contributed by atoms with Gasteiger partial charge >= 0.3 is 0 Å². The van der Waals surface area contributed by atoms with Crippen LogP contribution in [0.3, 0.4) is 0 Å². The Morgan fingerprint density at radius 1 is 1.38 bits per heavy atom. The Bertz CT molecular complexity index is 391. The Balaban J connectivity index is 2.21. The van der Waals surface area contributed by atoms with Crippen molar-refractivity contribution < 1.29 is 4.74 Å². The molecule has 0 aromatic heterocycles. The van der Waals surface area contributed by atoms with Crippen LogP contribution in [-0.4, -0.2) is 7.11 Å². The molecule has 1 aliphatic rings. The molecular formula is C12H13BrCl2O. The number of benzene rings is 1. The van der Waals surface area contributed by atoms with E-state index in [-0.39, 0.29) is 4.83 Å². The fraction of sp³-hybridized carbons (Fsp3) is 0.500. The van der Waals surface area contributed by atoms with Gasteiger partial charge in [-0.05, 0) is 24.0 Å². The van der Waals surface area contributed by atoms with Crippen LogP contribution < -0.4 is 4.74 Å². The summed E-state index contributed by atoms with van der Waals surface area (Å²) >= 11 is 16.0. The van der Waals surface area contributed by atoms with Crippen molar-refractivity contribution in [2.24, 2.45) is 5.92 Å². The highest BCUT2D eigenvalue weighted by atomic mass is 79.9. The third kappa shape index (κ3) is 2.85. The van der Waals surface area contributed by atoms with Crippen molar-refractivity contribution in [3.8, 4) is 5.75 Å². The van der Waals surface area contributed by atoms with Crippen LogP contribution in [0.1, 0.15) is 29.7 Å². The second kappa shape index (κ2) is 5.16. The first-order valence-electron chi connectivity index (χ1n) is 5.28. The van der Waals surface area contributed by atoms with E-state index >= 15 is 0 Å². The summed E-state index contributed by atoms with van der Waals surface area (Å²) in [5, 5.41) is 1.32. The van der Waals surface area contributed by atoms with Crippen molar-refractivity contribution in [1.29, 1.82) is 0 Å². The van der Waals surface area contributed by atoms with Crippen LogP contribution in [0.15, 0.2) is 12.1 Å². The molecule has 0 spiro atoms. The first kappa shape index (κ1) is 12.5. The predicted molar refractivity (Wildman–Crippen MR) is 72.0 cm³/mol. The lowest BCUT2D eigenvalue weighted by atomic mass is 10.1. The second-order valence-electron chi connectivity index (χ2n) is 4.15. The number of hydrogen-bond donors (Lipinski definition) is 0. The molecule has 1 aromatic rings. The number of rotatable bonds is 4. The molecule has 0 saturated heterocycles. The number of ether oxygens (including phenoxy) is 1. The van der Waals surface area contributed by atoms with E-state index in [1.54, 1.807) is 13.2 Å². The molecular weight excluding hydrogens is 311 g/mol. The molecule has 1 aromatic carbocycles. The average Bonchev–Trinajstić information content (AvgIpc) is 3.04. The zero-order chi connectivity index (χ0) is 11.7. The molecule has 4 heteroatoms. The minimum absolute atomic E-state index is 0.288. The van der Waals surface area contributed by atoms with E-state index < -0.39 is 0 Å². The lowest BCUT2D eigenvalue weighted by molar-refractivity contribution is 0.415. The van der Waals surface area contributed by atoms with Gasteiger partial charge in [-0.2, -0.15) is 0 Å². The maximum absolute atomic E-state index is 6.21. The van der Waals surface area contributed by atoms with Gasteiger partial charge < -0.3 is 4.74 Å². The number of hydrogen-bond acceptors (Lipinski definition) is 1. The first-order valence-corrected chi connectivity index (χ1v) is 6.96. The SMILES string of the molecule is COc1cc(Cl)c(C(Br)CC2CC2)cc1Cl. The van der Waals surface area contributed by atoms with E-state index in [1.807, 2.05) is 6.07 Å². The highest BCUT2D eigenvalue weighted by molar-refractivity contribution is 9.09. The molecule has 1 saturated carbocycles. The van der Waals surface area contributed by atoms with Crippen LogP contribution in [0.25, 0.3) is 0 Å². The van der Waals surface area contributed by atoms with Gasteiger partial charge in [0.05, 0.1) is 12.1 Å². The van der Waals surface area contributed by atoms with Gasteiger partial charge in [0, 0.05) is 15.9 Å². The smallest absolute Gasteiger partial charge is 0.138 e. The van der Waals surface area contributed by atoms with E-state index in [1.165, 1.54) is 12.8 Å². The van der Waals surface area contributed by atoms with Gasteiger partial charge in [-0.25, -0.2) is 0 Å². The monoisotopic (exact) mass is 322 g/mol. The molecule has 0 radical (unpaired) electrons. The fourth-order valence-corrected chi connectivity index (χ4v) is 3.29. The minimum atomic E-state index is 0.288. The van der Waals surface area contributed by atoms with Gasteiger partial charge in [-0.15, -0.1) is 0 Å². The third-order valence-corrected chi connectivity index (χ3v) is 4.34. The maximum Gasteiger partial charge on any atom is 0.138 e. The van der Waals surface area contributed by atoms with E-state index in [0.717, 1.165) is 17.9 Å². The van der Waals surface area contributed by atoms with Crippen LogP contribution in [0.5, 0.6) is 5.75 Å². The molecule has 0 aliphatic heterocycles. The molecule has 16 heavy (non-hydrogen) atoms. The molecule has 0 N–H and O–H groups in total. The number of halogens is 3. The van der Waals surface area contributed by atoms with Gasteiger partial charge in [0.2, 0.25) is 0 Å². The molecule has 0 amide bonds. The Morgan fingerprint density at radius 2 is 2.06 bits per heavy atom. The summed E-state index contributed by atoms with van der Waals surface area (Å²) < 4.78 is 5.12. The van der Waals surface area contributed by atoms with E-state index in [9.17, 15) is 0 Å². The molecule has 0 heterocycles. The van der Waals surface area contributed by atoms with Crippen molar-refractivity contribution in [1.82, 2.24) is 0 Å². The minimum Gasteiger partial charge on any atom is -0.495 e. The average molecular weight is 324 g/mol. The van der Waals surface area contributed by atoms with E-state index in [4.69, 9.17) is 27.9 Å². The summed E-state index contributed by atoms with van der Waals surface area (Å²) in [7, 11) is 1.59. The summed E-state index contributed by atoms with van der Waals surface area (Å²) in [4.78, 5) is 0.288. The van der Waals surface area contributed by atoms with Crippen LogP contribution in [-0.2, 0) is 0 Å². The Hall–Kier alpha value is 0.0800. The van der Waals surface area contributed by atoms with Crippen molar-refractivity contribution in [2.75, 3.05) is 7.11 Å². The summed E-state index contributed by atoms with van der Waals surface area (Å²) in [5.41, 5.74) is 1.05. The van der Waals surface area contributed by atoms with Gasteiger partial charge in [0.1, 0.15) is 5.75 Å². The Kier molecular flexibility index (Phi) is 4.04. The van der Waals surface area contributed by atoms with E-state index in [0.29, 0.717) is 15.8 Å². The van der Waals surface area contributed by atoms with Gasteiger partial charge in [0.15, 0.2) is 0 Å². The maximum atomic E-state index is 6.21. The molecule has 1 aliphatic carbocycles. The van der Waals surface area contributed by atoms with Crippen LogP contribution >= 0.6 is 39.1 Å². The fourth-order valence-electron chi connectivity index (χ4n) is 1.71. The first-order chi connectivity index (χ1) is 7.61. The van der Waals surface area contributed by atoms with Crippen molar-refractivity contribution >= 4 is 39.1 Å².